The Bertz CT molecular complexity index is 739. The summed E-state index contributed by atoms with van der Waals surface area (Å²) in [6.45, 7) is 5.82. The molecule has 0 saturated heterocycles. The van der Waals surface area contributed by atoms with Crippen molar-refractivity contribution in [3.05, 3.63) is 27.2 Å². The number of hydrogen-bond donors (Lipinski definition) is 2. The molecule has 2 N–H and O–H groups in total. The van der Waals surface area contributed by atoms with Gasteiger partial charge in [0.15, 0.2) is 4.34 Å². The van der Waals surface area contributed by atoms with Crippen LogP contribution in [0.25, 0.3) is 0 Å². The molecule has 130 valence electrons. The van der Waals surface area contributed by atoms with Crippen LogP contribution >= 0.6 is 57.9 Å². The number of hydrogen-bond acceptors (Lipinski definition) is 6. The minimum absolute atomic E-state index is 0.214. The van der Waals surface area contributed by atoms with Crippen LogP contribution in [0.5, 0.6) is 0 Å². The molecule has 0 aliphatic rings. The third kappa shape index (κ3) is 5.39. The van der Waals surface area contributed by atoms with Gasteiger partial charge in [0.25, 0.3) is 0 Å². The fourth-order valence-corrected chi connectivity index (χ4v) is 4.26. The van der Waals surface area contributed by atoms with Gasteiger partial charge in [-0.05, 0) is 32.9 Å². The molecule has 1 heterocycles. The minimum atomic E-state index is -0.379. The highest BCUT2D eigenvalue weighted by Gasteiger charge is 2.19. The molecule has 0 aliphatic carbocycles. The van der Waals surface area contributed by atoms with Crippen LogP contribution in [0.15, 0.2) is 16.5 Å². The summed E-state index contributed by atoms with van der Waals surface area (Å²) in [7, 11) is 0. The Morgan fingerprint density at radius 1 is 1.12 bits per heavy atom. The van der Waals surface area contributed by atoms with Crippen LogP contribution in [-0.2, 0) is 4.79 Å². The smallest absolute Gasteiger partial charge is 0.237 e. The number of carbonyl (C=O) groups excluding carboxylic acids is 1. The molecule has 1 aromatic heterocycles. The molecule has 24 heavy (non-hydrogen) atoms. The summed E-state index contributed by atoms with van der Waals surface area (Å²) in [4.78, 5) is 12.3. The van der Waals surface area contributed by atoms with Gasteiger partial charge in [0.05, 0.1) is 26.0 Å². The van der Waals surface area contributed by atoms with E-state index in [2.05, 4.69) is 20.8 Å². The number of aromatic nitrogens is 2. The number of carbonyl (C=O) groups is 1. The van der Waals surface area contributed by atoms with Crippen LogP contribution in [0, 0.1) is 0 Å². The molecule has 1 unspecified atom stereocenters. The highest BCUT2D eigenvalue weighted by atomic mass is 35.5. The van der Waals surface area contributed by atoms with Gasteiger partial charge in [-0.1, -0.05) is 57.9 Å². The molecule has 5 nitrogen and oxygen atoms in total. The first-order valence-corrected chi connectivity index (χ1v) is 9.81. The second-order valence-electron chi connectivity index (χ2n) is 5.17. The van der Waals surface area contributed by atoms with Crippen molar-refractivity contribution in [1.29, 1.82) is 0 Å². The van der Waals surface area contributed by atoms with Crippen molar-refractivity contribution in [2.75, 3.05) is 10.6 Å². The molecule has 1 amide bonds. The van der Waals surface area contributed by atoms with Gasteiger partial charge in [-0.25, -0.2) is 0 Å². The number of halogens is 3. The van der Waals surface area contributed by atoms with Gasteiger partial charge in [-0.3, -0.25) is 4.79 Å². The van der Waals surface area contributed by atoms with E-state index in [0.717, 1.165) is 5.13 Å². The third-order valence-corrected chi connectivity index (χ3v) is 5.81. The van der Waals surface area contributed by atoms with Crippen LogP contribution < -0.4 is 10.6 Å². The molecule has 2 aromatic rings. The highest BCUT2D eigenvalue weighted by molar-refractivity contribution is 8.02. The maximum absolute atomic E-state index is 12.3. The van der Waals surface area contributed by atoms with Gasteiger partial charge in [0, 0.05) is 6.04 Å². The summed E-state index contributed by atoms with van der Waals surface area (Å²) >= 11 is 20.6. The molecule has 0 radical (unpaired) electrons. The van der Waals surface area contributed by atoms with Gasteiger partial charge >= 0.3 is 0 Å². The zero-order valence-electron chi connectivity index (χ0n) is 13.1. The van der Waals surface area contributed by atoms with E-state index in [1.807, 2.05) is 13.8 Å². The van der Waals surface area contributed by atoms with Gasteiger partial charge in [-0.15, -0.1) is 10.2 Å². The van der Waals surface area contributed by atoms with Crippen LogP contribution in [0.3, 0.4) is 0 Å². The van der Waals surface area contributed by atoms with Crippen molar-refractivity contribution < 1.29 is 4.79 Å². The molecule has 0 spiro atoms. The predicted octanol–water partition coefficient (Wildman–Crippen LogP) is 5.44. The topological polar surface area (TPSA) is 66.9 Å². The summed E-state index contributed by atoms with van der Waals surface area (Å²) in [5.74, 6) is -0.214. The van der Waals surface area contributed by atoms with Crippen molar-refractivity contribution in [1.82, 2.24) is 10.2 Å². The number of thioether (sulfide) groups is 1. The van der Waals surface area contributed by atoms with Crippen molar-refractivity contribution in [3.8, 4) is 0 Å². The van der Waals surface area contributed by atoms with E-state index in [1.54, 1.807) is 6.92 Å². The van der Waals surface area contributed by atoms with E-state index >= 15 is 0 Å². The SMILES string of the molecule is CC(C)Nc1nnc(SC(C)C(=O)Nc2cc(Cl)c(Cl)cc2Cl)s1. The van der Waals surface area contributed by atoms with Gasteiger partial charge in [0.1, 0.15) is 0 Å². The van der Waals surface area contributed by atoms with Crippen LogP contribution in [0.1, 0.15) is 20.8 Å². The van der Waals surface area contributed by atoms with E-state index in [1.165, 1.54) is 35.2 Å². The second-order valence-corrected chi connectivity index (χ2v) is 8.95. The molecular formula is C14H15Cl3N4OS2. The molecule has 10 heteroatoms. The lowest BCUT2D eigenvalue weighted by molar-refractivity contribution is -0.115. The predicted molar refractivity (Wildman–Crippen MR) is 104 cm³/mol. The van der Waals surface area contributed by atoms with E-state index in [0.29, 0.717) is 25.1 Å². The quantitative estimate of drug-likeness (QED) is 0.476. The zero-order chi connectivity index (χ0) is 17.9. The zero-order valence-corrected chi connectivity index (χ0v) is 17.0. The summed E-state index contributed by atoms with van der Waals surface area (Å²) in [5, 5.41) is 15.4. The number of nitrogens with one attached hydrogen (secondary N) is 2. The lowest BCUT2D eigenvalue weighted by atomic mass is 10.3. The Morgan fingerprint density at radius 2 is 1.79 bits per heavy atom. The number of nitrogens with zero attached hydrogens (tertiary/aromatic N) is 2. The number of rotatable bonds is 6. The lowest BCUT2D eigenvalue weighted by Gasteiger charge is -2.12. The average molecular weight is 426 g/mol. The molecule has 0 bridgehead atoms. The number of benzene rings is 1. The monoisotopic (exact) mass is 424 g/mol. The fraction of sp³-hybridized carbons (Fsp3) is 0.357. The standard InChI is InChI=1S/C14H15Cl3N4OS2/c1-6(2)18-13-20-21-14(24-13)23-7(3)12(22)19-11-5-9(16)8(15)4-10(11)17/h4-7H,1-3H3,(H,18,20)(H,19,22). The molecule has 0 aliphatic heterocycles. The van der Waals surface area contributed by atoms with E-state index in [9.17, 15) is 4.79 Å². The summed E-state index contributed by atoms with van der Waals surface area (Å²) < 4.78 is 0.709. The first-order valence-electron chi connectivity index (χ1n) is 6.98. The largest absolute Gasteiger partial charge is 0.358 e. The minimum Gasteiger partial charge on any atom is -0.358 e. The van der Waals surface area contributed by atoms with Crippen molar-refractivity contribution in [2.45, 2.75) is 36.4 Å². The molecule has 0 saturated carbocycles. The molecule has 1 atom stereocenters. The Morgan fingerprint density at radius 3 is 2.46 bits per heavy atom. The number of anilines is 2. The van der Waals surface area contributed by atoms with Gasteiger partial charge < -0.3 is 10.6 Å². The van der Waals surface area contributed by atoms with Crippen molar-refractivity contribution in [3.63, 3.8) is 0 Å². The normalized spacial score (nSPS) is 12.3. The van der Waals surface area contributed by atoms with E-state index < -0.39 is 0 Å². The highest BCUT2D eigenvalue weighted by Crippen LogP contribution is 2.34. The van der Waals surface area contributed by atoms with Crippen molar-refractivity contribution >= 4 is 74.6 Å². The Balaban J connectivity index is 2.00. The van der Waals surface area contributed by atoms with Crippen LogP contribution in [0.2, 0.25) is 15.1 Å². The Kier molecular flexibility index (Phi) is 7.00. The van der Waals surface area contributed by atoms with Crippen LogP contribution in [-0.4, -0.2) is 27.4 Å². The summed E-state index contributed by atoms with van der Waals surface area (Å²) in [6, 6.07) is 3.29. The van der Waals surface area contributed by atoms with E-state index in [4.69, 9.17) is 34.8 Å². The summed E-state index contributed by atoms with van der Waals surface area (Å²) in [6.07, 6.45) is 0. The first-order chi connectivity index (χ1) is 11.3. The molecule has 0 fully saturated rings. The maximum atomic E-state index is 12.3. The summed E-state index contributed by atoms with van der Waals surface area (Å²) in [5.41, 5.74) is 0.419. The first kappa shape index (κ1) is 19.6. The number of amides is 1. The molecule has 1 aromatic carbocycles. The van der Waals surface area contributed by atoms with E-state index in [-0.39, 0.29) is 17.2 Å². The van der Waals surface area contributed by atoms with Gasteiger partial charge in [0.2, 0.25) is 11.0 Å². The molecular weight excluding hydrogens is 411 g/mol. The fourth-order valence-electron chi connectivity index (χ4n) is 1.62. The average Bonchev–Trinajstić information content (AvgIpc) is 2.90. The lowest BCUT2D eigenvalue weighted by Crippen LogP contribution is -2.22. The maximum Gasteiger partial charge on any atom is 0.237 e. The van der Waals surface area contributed by atoms with Crippen molar-refractivity contribution in [2.24, 2.45) is 0 Å². The Hall–Kier alpha value is -0.730. The Labute approximate surface area is 163 Å². The third-order valence-electron chi connectivity index (χ3n) is 2.73. The second kappa shape index (κ2) is 8.58. The van der Waals surface area contributed by atoms with Gasteiger partial charge in [-0.2, -0.15) is 0 Å². The molecule has 2 rings (SSSR count). The van der Waals surface area contributed by atoms with Crippen LogP contribution in [0.4, 0.5) is 10.8 Å².